The van der Waals surface area contributed by atoms with Crippen molar-refractivity contribution < 1.29 is 14.0 Å². The second kappa shape index (κ2) is 8.95. The molecule has 7 nitrogen and oxygen atoms in total. The number of halogens is 1. The first-order valence-electron chi connectivity index (χ1n) is 7.25. The van der Waals surface area contributed by atoms with Gasteiger partial charge >= 0.3 is 6.03 Å². The number of carbonyl (C=O) groups excluding carboxylic acids is 2. The molecule has 0 spiro atoms. The third kappa shape index (κ3) is 5.29. The number of benzene rings is 1. The van der Waals surface area contributed by atoms with Gasteiger partial charge in [-0.05, 0) is 32.0 Å². The van der Waals surface area contributed by atoms with E-state index < -0.39 is 0 Å². The molecule has 0 saturated heterocycles. The Balaban J connectivity index is 0.00000288. The van der Waals surface area contributed by atoms with Gasteiger partial charge in [0.2, 0.25) is 0 Å². The number of furan rings is 1. The lowest BCUT2D eigenvalue weighted by Gasteiger charge is -2.13. The van der Waals surface area contributed by atoms with Gasteiger partial charge in [0.25, 0.3) is 5.91 Å². The predicted molar refractivity (Wildman–Crippen MR) is 95.5 cm³/mol. The molecular formula is C16H21ClN4O3. The lowest BCUT2D eigenvalue weighted by molar-refractivity contribution is 0.102. The molecule has 1 aromatic carbocycles. The molecule has 130 valence electrons. The van der Waals surface area contributed by atoms with Gasteiger partial charge in [-0.2, -0.15) is 0 Å². The van der Waals surface area contributed by atoms with Crippen molar-refractivity contribution in [2.24, 2.45) is 5.73 Å². The van der Waals surface area contributed by atoms with E-state index in [0.717, 1.165) is 0 Å². The first-order valence-corrected chi connectivity index (χ1v) is 7.25. The van der Waals surface area contributed by atoms with E-state index in [4.69, 9.17) is 10.2 Å². The summed E-state index contributed by atoms with van der Waals surface area (Å²) in [5, 5.41) is 8.17. The minimum Gasteiger partial charge on any atom is -0.467 e. The highest BCUT2D eigenvalue weighted by molar-refractivity contribution is 6.07. The molecule has 24 heavy (non-hydrogen) atoms. The molecule has 0 bridgehead atoms. The molecule has 8 heteroatoms. The van der Waals surface area contributed by atoms with E-state index in [2.05, 4.69) is 16.0 Å². The number of hydrogen-bond donors (Lipinski definition) is 4. The quantitative estimate of drug-likeness (QED) is 0.663. The van der Waals surface area contributed by atoms with Crippen LogP contribution in [0.4, 0.5) is 16.2 Å². The van der Waals surface area contributed by atoms with Crippen LogP contribution >= 0.6 is 12.4 Å². The van der Waals surface area contributed by atoms with Gasteiger partial charge in [-0.25, -0.2) is 4.79 Å². The smallest absolute Gasteiger partial charge is 0.319 e. The average molecular weight is 353 g/mol. The van der Waals surface area contributed by atoms with Gasteiger partial charge in [0, 0.05) is 6.04 Å². The Morgan fingerprint density at radius 1 is 1.17 bits per heavy atom. The first-order chi connectivity index (χ1) is 11.0. The monoisotopic (exact) mass is 352 g/mol. The summed E-state index contributed by atoms with van der Waals surface area (Å²) >= 11 is 0. The van der Waals surface area contributed by atoms with Crippen LogP contribution in [0.5, 0.6) is 0 Å². The Hall–Kier alpha value is -2.51. The van der Waals surface area contributed by atoms with Crippen molar-refractivity contribution in [3.8, 4) is 0 Å². The number of amides is 3. The van der Waals surface area contributed by atoms with Gasteiger partial charge in [-0.3, -0.25) is 4.79 Å². The first kappa shape index (κ1) is 19.5. The SMILES string of the molecule is CC(C)NC(=O)Nc1ccccc1NC(=O)c1coc(CN)c1.Cl. The number of nitrogens with one attached hydrogen (secondary N) is 3. The highest BCUT2D eigenvalue weighted by Gasteiger charge is 2.13. The minimum absolute atomic E-state index is 0. The van der Waals surface area contributed by atoms with Crippen LogP contribution in [-0.4, -0.2) is 18.0 Å². The van der Waals surface area contributed by atoms with Crippen molar-refractivity contribution in [3.05, 3.63) is 47.9 Å². The molecule has 0 aliphatic carbocycles. The van der Waals surface area contributed by atoms with Gasteiger partial charge in [0.05, 0.1) is 23.5 Å². The van der Waals surface area contributed by atoms with Crippen molar-refractivity contribution in [3.63, 3.8) is 0 Å². The molecule has 0 aliphatic heterocycles. The molecule has 0 unspecified atom stereocenters. The number of carbonyl (C=O) groups is 2. The maximum atomic E-state index is 12.2. The van der Waals surface area contributed by atoms with Crippen LogP contribution in [0.25, 0.3) is 0 Å². The Morgan fingerprint density at radius 3 is 2.33 bits per heavy atom. The molecule has 0 aliphatic rings. The highest BCUT2D eigenvalue weighted by Crippen LogP contribution is 2.22. The van der Waals surface area contributed by atoms with E-state index in [0.29, 0.717) is 22.7 Å². The summed E-state index contributed by atoms with van der Waals surface area (Å²) in [6, 6.07) is 8.19. The molecule has 5 N–H and O–H groups in total. The normalized spacial score (nSPS) is 10.0. The van der Waals surface area contributed by atoms with Gasteiger partial charge in [-0.1, -0.05) is 12.1 Å². The molecule has 0 atom stereocenters. The Labute approximate surface area is 146 Å². The standard InChI is InChI=1S/C16H20N4O3.ClH/c1-10(2)18-16(22)20-14-6-4-3-5-13(14)19-15(21)11-7-12(8-17)23-9-11;/h3-7,9-10H,8,17H2,1-2H3,(H,19,21)(H2,18,20,22);1H. The largest absolute Gasteiger partial charge is 0.467 e. The summed E-state index contributed by atoms with van der Waals surface area (Å²) in [6.07, 6.45) is 1.35. The number of hydrogen-bond acceptors (Lipinski definition) is 4. The number of urea groups is 1. The maximum Gasteiger partial charge on any atom is 0.319 e. The highest BCUT2D eigenvalue weighted by atomic mass is 35.5. The third-order valence-electron chi connectivity index (χ3n) is 2.96. The fourth-order valence-corrected chi connectivity index (χ4v) is 1.92. The number of para-hydroxylation sites is 2. The zero-order chi connectivity index (χ0) is 16.8. The minimum atomic E-state index is -0.341. The molecule has 2 rings (SSSR count). The van der Waals surface area contributed by atoms with Gasteiger partial charge in [-0.15, -0.1) is 12.4 Å². The molecule has 1 heterocycles. The third-order valence-corrected chi connectivity index (χ3v) is 2.96. The van der Waals surface area contributed by atoms with Crippen molar-refractivity contribution in [1.29, 1.82) is 0 Å². The summed E-state index contributed by atoms with van der Waals surface area (Å²) < 4.78 is 5.15. The van der Waals surface area contributed by atoms with E-state index in [1.165, 1.54) is 6.26 Å². The van der Waals surface area contributed by atoms with Crippen molar-refractivity contribution >= 4 is 35.7 Å². The van der Waals surface area contributed by atoms with Gasteiger partial charge in [0.1, 0.15) is 12.0 Å². The summed E-state index contributed by atoms with van der Waals surface area (Å²) in [7, 11) is 0. The topological polar surface area (TPSA) is 109 Å². The van der Waals surface area contributed by atoms with Crippen LogP contribution in [0.1, 0.15) is 30.0 Å². The second-order valence-corrected chi connectivity index (χ2v) is 5.26. The summed E-state index contributed by atoms with van der Waals surface area (Å²) in [4.78, 5) is 24.0. The van der Waals surface area contributed by atoms with E-state index in [1.807, 2.05) is 13.8 Å². The van der Waals surface area contributed by atoms with E-state index in [9.17, 15) is 9.59 Å². The summed E-state index contributed by atoms with van der Waals surface area (Å²) in [6.45, 7) is 3.95. The number of nitrogens with two attached hydrogens (primary N) is 1. The van der Waals surface area contributed by atoms with Crippen molar-refractivity contribution in [2.45, 2.75) is 26.4 Å². The Morgan fingerprint density at radius 2 is 1.79 bits per heavy atom. The van der Waals surface area contributed by atoms with E-state index in [1.54, 1.807) is 30.3 Å². The average Bonchev–Trinajstić information content (AvgIpc) is 2.97. The van der Waals surface area contributed by atoms with Crippen LogP contribution in [0, 0.1) is 0 Å². The predicted octanol–water partition coefficient (Wildman–Crippen LogP) is 2.94. The van der Waals surface area contributed by atoms with Crippen LogP contribution in [0.3, 0.4) is 0 Å². The van der Waals surface area contributed by atoms with Crippen LogP contribution in [0.2, 0.25) is 0 Å². The van der Waals surface area contributed by atoms with Crippen LogP contribution < -0.4 is 21.7 Å². The van der Waals surface area contributed by atoms with E-state index in [-0.39, 0.29) is 36.9 Å². The molecule has 1 aromatic heterocycles. The molecule has 0 fully saturated rings. The summed E-state index contributed by atoms with van der Waals surface area (Å²) in [5.74, 6) is 0.185. The van der Waals surface area contributed by atoms with Gasteiger partial charge in [0.15, 0.2) is 0 Å². The molecule has 2 aromatic rings. The van der Waals surface area contributed by atoms with Crippen LogP contribution in [0.15, 0.2) is 41.0 Å². The lowest BCUT2D eigenvalue weighted by Crippen LogP contribution is -2.34. The molecule has 3 amide bonds. The number of anilines is 2. The fourth-order valence-electron chi connectivity index (χ4n) is 1.92. The van der Waals surface area contributed by atoms with Gasteiger partial charge < -0.3 is 26.1 Å². The maximum absolute atomic E-state index is 12.2. The zero-order valence-corrected chi connectivity index (χ0v) is 14.3. The van der Waals surface area contributed by atoms with E-state index >= 15 is 0 Å². The van der Waals surface area contributed by atoms with Crippen molar-refractivity contribution in [2.75, 3.05) is 10.6 Å². The molecular weight excluding hydrogens is 332 g/mol. The zero-order valence-electron chi connectivity index (χ0n) is 13.5. The second-order valence-electron chi connectivity index (χ2n) is 5.26. The lowest BCUT2D eigenvalue weighted by atomic mass is 10.2. The Bertz CT molecular complexity index is 700. The molecule has 0 saturated carbocycles. The molecule has 0 radical (unpaired) electrons. The number of rotatable bonds is 5. The van der Waals surface area contributed by atoms with Crippen molar-refractivity contribution in [1.82, 2.24) is 5.32 Å². The fraction of sp³-hybridized carbons (Fsp3) is 0.250. The summed E-state index contributed by atoms with van der Waals surface area (Å²) in [5.41, 5.74) is 6.82. The Kier molecular flexibility index (Phi) is 7.29. The van der Waals surface area contributed by atoms with Crippen LogP contribution in [-0.2, 0) is 6.54 Å².